The SMILES string of the molecule is Cc1cc2c(cc1O)C(=O)O[C@H](C)C2. The number of hydrogen-bond acceptors (Lipinski definition) is 3. The van der Waals surface area contributed by atoms with Crippen molar-refractivity contribution in [3.8, 4) is 5.75 Å². The molecule has 0 spiro atoms. The predicted octanol–water partition coefficient (Wildman–Crippen LogP) is 1.80. The van der Waals surface area contributed by atoms with Crippen molar-refractivity contribution in [2.24, 2.45) is 0 Å². The minimum Gasteiger partial charge on any atom is -0.508 e. The smallest absolute Gasteiger partial charge is 0.338 e. The van der Waals surface area contributed by atoms with Crippen molar-refractivity contribution in [3.63, 3.8) is 0 Å². The topological polar surface area (TPSA) is 46.5 Å². The number of phenols is 1. The maximum absolute atomic E-state index is 11.4. The third-order valence-corrected chi connectivity index (χ3v) is 2.46. The Bertz CT molecular complexity index is 396. The molecule has 0 saturated heterocycles. The summed E-state index contributed by atoms with van der Waals surface area (Å²) >= 11 is 0. The van der Waals surface area contributed by atoms with Gasteiger partial charge in [-0.05, 0) is 31.0 Å². The largest absolute Gasteiger partial charge is 0.508 e. The Morgan fingerprint density at radius 2 is 2.21 bits per heavy atom. The van der Waals surface area contributed by atoms with Crippen LogP contribution < -0.4 is 0 Å². The van der Waals surface area contributed by atoms with Gasteiger partial charge in [0.15, 0.2) is 0 Å². The van der Waals surface area contributed by atoms with E-state index < -0.39 is 0 Å². The van der Waals surface area contributed by atoms with Crippen LogP contribution in [0.15, 0.2) is 12.1 Å². The zero-order chi connectivity index (χ0) is 10.3. The van der Waals surface area contributed by atoms with Gasteiger partial charge in [0.1, 0.15) is 11.9 Å². The average Bonchev–Trinajstić information content (AvgIpc) is 2.08. The van der Waals surface area contributed by atoms with E-state index in [9.17, 15) is 9.90 Å². The highest BCUT2D eigenvalue weighted by Crippen LogP contribution is 2.27. The van der Waals surface area contributed by atoms with E-state index >= 15 is 0 Å². The van der Waals surface area contributed by atoms with Crippen molar-refractivity contribution in [3.05, 3.63) is 28.8 Å². The van der Waals surface area contributed by atoms with Crippen molar-refractivity contribution >= 4 is 5.97 Å². The minimum absolute atomic E-state index is 0.0704. The van der Waals surface area contributed by atoms with Crippen molar-refractivity contribution < 1.29 is 14.6 Å². The number of rotatable bonds is 0. The molecule has 74 valence electrons. The van der Waals surface area contributed by atoms with Gasteiger partial charge >= 0.3 is 5.97 Å². The van der Waals surface area contributed by atoms with E-state index in [4.69, 9.17) is 4.74 Å². The van der Waals surface area contributed by atoms with Crippen molar-refractivity contribution in [2.45, 2.75) is 26.4 Å². The molecule has 0 aliphatic carbocycles. The Morgan fingerprint density at radius 1 is 1.50 bits per heavy atom. The Hall–Kier alpha value is -1.51. The molecule has 0 unspecified atom stereocenters. The molecule has 1 aliphatic rings. The standard InChI is InChI=1S/C11H12O3/c1-6-3-8-4-7(2)14-11(13)9(8)5-10(6)12/h3,5,7,12H,4H2,1-2H3/t7-/m1/s1. The number of aromatic hydroxyl groups is 1. The number of benzene rings is 1. The second kappa shape index (κ2) is 3.01. The number of ether oxygens (including phenoxy) is 1. The number of aryl methyl sites for hydroxylation is 1. The van der Waals surface area contributed by atoms with Crippen LogP contribution in [-0.2, 0) is 11.2 Å². The zero-order valence-electron chi connectivity index (χ0n) is 8.20. The molecule has 0 amide bonds. The maximum Gasteiger partial charge on any atom is 0.338 e. The highest BCUT2D eigenvalue weighted by atomic mass is 16.5. The average molecular weight is 192 g/mol. The zero-order valence-corrected chi connectivity index (χ0v) is 8.20. The van der Waals surface area contributed by atoms with E-state index in [0.717, 1.165) is 17.5 Å². The lowest BCUT2D eigenvalue weighted by Gasteiger charge is -2.22. The van der Waals surface area contributed by atoms with E-state index in [1.165, 1.54) is 6.07 Å². The maximum atomic E-state index is 11.4. The number of esters is 1. The van der Waals surface area contributed by atoms with Crippen molar-refractivity contribution in [1.29, 1.82) is 0 Å². The molecule has 14 heavy (non-hydrogen) atoms. The predicted molar refractivity (Wildman–Crippen MR) is 51.4 cm³/mol. The van der Waals surface area contributed by atoms with Crippen LogP contribution in [0.2, 0.25) is 0 Å². The molecule has 1 heterocycles. The number of carbonyl (C=O) groups is 1. The monoisotopic (exact) mass is 192 g/mol. The first-order valence-corrected chi connectivity index (χ1v) is 4.61. The molecule has 1 atom stereocenters. The van der Waals surface area contributed by atoms with E-state index in [1.807, 2.05) is 19.9 Å². The summed E-state index contributed by atoms with van der Waals surface area (Å²) in [6, 6.07) is 3.33. The number of carbonyl (C=O) groups excluding carboxylic acids is 1. The van der Waals surface area contributed by atoms with Gasteiger partial charge in [-0.25, -0.2) is 4.79 Å². The quantitative estimate of drug-likeness (QED) is 0.637. The number of cyclic esters (lactones) is 1. The van der Waals surface area contributed by atoms with Gasteiger partial charge in [0.2, 0.25) is 0 Å². The summed E-state index contributed by atoms with van der Waals surface area (Å²) in [4.78, 5) is 11.4. The molecule has 1 aromatic rings. The Morgan fingerprint density at radius 3 is 2.93 bits per heavy atom. The fourth-order valence-electron chi connectivity index (χ4n) is 1.71. The number of fused-ring (bicyclic) bond motifs is 1. The van der Waals surface area contributed by atoms with Gasteiger partial charge in [-0.3, -0.25) is 0 Å². The summed E-state index contributed by atoms with van der Waals surface area (Å²) in [7, 11) is 0. The summed E-state index contributed by atoms with van der Waals surface area (Å²) in [6.07, 6.45) is 0.654. The first-order chi connectivity index (χ1) is 6.58. The van der Waals surface area contributed by atoms with E-state index in [-0.39, 0.29) is 17.8 Å². The van der Waals surface area contributed by atoms with E-state index in [2.05, 4.69) is 0 Å². The van der Waals surface area contributed by atoms with Gasteiger partial charge in [0, 0.05) is 6.42 Å². The lowest BCUT2D eigenvalue weighted by Crippen LogP contribution is -2.25. The minimum atomic E-state index is -0.339. The van der Waals surface area contributed by atoms with Gasteiger partial charge in [-0.1, -0.05) is 6.07 Å². The first-order valence-electron chi connectivity index (χ1n) is 4.61. The summed E-state index contributed by atoms with van der Waals surface area (Å²) in [6.45, 7) is 3.68. The molecule has 3 nitrogen and oxygen atoms in total. The summed E-state index contributed by atoms with van der Waals surface area (Å²) in [5.41, 5.74) is 2.25. The Labute approximate surface area is 82.3 Å². The molecule has 0 radical (unpaired) electrons. The molecular formula is C11H12O3. The molecule has 1 aromatic carbocycles. The molecular weight excluding hydrogens is 180 g/mol. The summed E-state index contributed by atoms with van der Waals surface area (Å²) in [5.74, 6) is -0.190. The van der Waals surface area contributed by atoms with Crippen LogP contribution in [0.3, 0.4) is 0 Å². The molecule has 0 fully saturated rings. The second-order valence-electron chi connectivity index (χ2n) is 3.72. The third kappa shape index (κ3) is 1.35. The Balaban J connectivity index is 2.55. The molecule has 0 saturated carbocycles. The van der Waals surface area contributed by atoms with Crippen LogP contribution in [0.4, 0.5) is 0 Å². The highest BCUT2D eigenvalue weighted by Gasteiger charge is 2.24. The third-order valence-electron chi connectivity index (χ3n) is 2.46. The molecule has 0 aromatic heterocycles. The molecule has 1 N–H and O–H groups in total. The summed E-state index contributed by atoms with van der Waals surface area (Å²) in [5, 5.41) is 9.45. The van der Waals surface area contributed by atoms with Gasteiger partial charge < -0.3 is 9.84 Å². The van der Waals surface area contributed by atoms with Gasteiger partial charge in [0.25, 0.3) is 0 Å². The van der Waals surface area contributed by atoms with Crippen molar-refractivity contribution in [1.82, 2.24) is 0 Å². The van der Waals surface area contributed by atoms with E-state index in [1.54, 1.807) is 0 Å². The van der Waals surface area contributed by atoms with Gasteiger partial charge in [0.05, 0.1) is 5.56 Å². The van der Waals surface area contributed by atoms with E-state index in [0.29, 0.717) is 5.56 Å². The van der Waals surface area contributed by atoms with Crippen LogP contribution in [0.5, 0.6) is 5.75 Å². The van der Waals surface area contributed by atoms with Crippen LogP contribution in [0, 0.1) is 6.92 Å². The van der Waals surface area contributed by atoms with Crippen LogP contribution in [0.25, 0.3) is 0 Å². The molecule has 1 aliphatic heterocycles. The van der Waals surface area contributed by atoms with Crippen LogP contribution >= 0.6 is 0 Å². The summed E-state index contributed by atoms with van der Waals surface area (Å²) < 4.78 is 5.06. The lowest BCUT2D eigenvalue weighted by molar-refractivity contribution is 0.0300. The first kappa shape index (κ1) is 9.06. The number of phenolic OH excluding ortho intramolecular Hbond substituents is 1. The van der Waals surface area contributed by atoms with Gasteiger partial charge in [-0.2, -0.15) is 0 Å². The fraction of sp³-hybridized carbons (Fsp3) is 0.364. The molecule has 0 bridgehead atoms. The van der Waals surface area contributed by atoms with Crippen molar-refractivity contribution in [2.75, 3.05) is 0 Å². The Kier molecular flexibility index (Phi) is 1.95. The fourth-order valence-corrected chi connectivity index (χ4v) is 1.71. The van der Waals surface area contributed by atoms with Crippen LogP contribution in [0.1, 0.15) is 28.4 Å². The van der Waals surface area contributed by atoms with Gasteiger partial charge in [-0.15, -0.1) is 0 Å². The lowest BCUT2D eigenvalue weighted by atomic mass is 9.97. The second-order valence-corrected chi connectivity index (χ2v) is 3.72. The number of hydrogen-bond donors (Lipinski definition) is 1. The van der Waals surface area contributed by atoms with Crippen LogP contribution in [-0.4, -0.2) is 17.2 Å². The molecule has 2 rings (SSSR count). The molecule has 3 heteroatoms. The highest BCUT2D eigenvalue weighted by molar-refractivity contribution is 5.92. The normalized spacial score (nSPS) is 20.1.